The van der Waals surface area contributed by atoms with Crippen LogP contribution in [0, 0.1) is 0 Å². The maximum absolute atomic E-state index is 12.7. The molecule has 0 spiro atoms. The number of benzene rings is 2. The van der Waals surface area contributed by atoms with E-state index in [9.17, 15) is 4.79 Å². The van der Waals surface area contributed by atoms with E-state index in [1.165, 1.54) is 5.56 Å². The number of hydrogen-bond acceptors (Lipinski definition) is 2. The fraction of sp³-hybridized carbons (Fsp3) is 0.350. The monoisotopic (exact) mass is 309 g/mol. The molecule has 2 aromatic rings. The molecule has 0 bridgehead atoms. The Morgan fingerprint density at radius 1 is 1.13 bits per heavy atom. The van der Waals surface area contributed by atoms with Crippen LogP contribution >= 0.6 is 0 Å². The third-order valence-corrected chi connectivity index (χ3v) is 4.33. The van der Waals surface area contributed by atoms with E-state index in [1.807, 2.05) is 53.4 Å². The van der Waals surface area contributed by atoms with Crippen molar-refractivity contribution >= 4 is 5.91 Å². The van der Waals surface area contributed by atoms with Gasteiger partial charge in [-0.3, -0.25) is 4.79 Å². The van der Waals surface area contributed by atoms with Crippen molar-refractivity contribution in [2.24, 2.45) is 0 Å². The highest BCUT2D eigenvalue weighted by Crippen LogP contribution is 2.28. The number of carbonyl (C=O) groups is 1. The molecule has 2 atom stereocenters. The molecule has 0 saturated carbocycles. The predicted octanol–water partition coefficient (Wildman–Crippen LogP) is 3.61. The summed E-state index contributed by atoms with van der Waals surface area (Å²) in [5, 5.41) is 0. The highest BCUT2D eigenvalue weighted by molar-refractivity contribution is 5.86. The predicted molar refractivity (Wildman–Crippen MR) is 91.1 cm³/mol. The lowest BCUT2D eigenvalue weighted by Gasteiger charge is -2.15. The molecule has 120 valence electrons. The third-order valence-electron chi connectivity index (χ3n) is 4.33. The van der Waals surface area contributed by atoms with E-state index in [1.54, 1.807) is 0 Å². The zero-order valence-electron chi connectivity index (χ0n) is 13.5. The quantitative estimate of drug-likeness (QED) is 0.731. The van der Waals surface area contributed by atoms with E-state index in [0.29, 0.717) is 13.2 Å². The molecule has 23 heavy (non-hydrogen) atoms. The van der Waals surface area contributed by atoms with E-state index in [0.717, 1.165) is 18.5 Å². The molecule has 2 aromatic carbocycles. The van der Waals surface area contributed by atoms with Crippen LogP contribution in [-0.2, 0) is 16.1 Å². The second kappa shape index (κ2) is 7.42. The van der Waals surface area contributed by atoms with Gasteiger partial charge in [-0.2, -0.15) is 0 Å². The van der Waals surface area contributed by atoms with E-state index in [4.69, 9.17) is 4.74 Å². The summed E-state index contributed by atoms with van der Waals surface area (Å²) in [5.41, 5.74) is 2.28. The van der Waals surface area contributed by atoms with Gasteiger partial charge in [0.1, 0.15) is 0 Å². The standard InChI is InChI=1S/C20H23NO2/c1-2-19(17-11-7-4-8-12-17)20(22)21-13-18(21)15-23-14-16-9-5-3-6-10-16/h3-12,18-19H,2,13-15H2,1H3. The maximum Gasteiger partial charge on any atom is 0.230 e. The van der Waals surface area contributed by atoms with Crippen molar-refractivity contribution in [2.75, 3.05) is 13.2 Å². The first kappa shape index (κ1) is 15.8. The Kier molecular flexibility index (Phi) is 5.09. The molecule has 1 heterocycles. The molecule has 1 saturated heterocycles. The topological polar surface area (TPSA) is 29.3 Å². The number of hydrogen-bond donors (Lipinski definition) is 0. The zero-order valence-corrected chi connectivity index (χ0v) is 13.5. The van der Waals surface area contributed by atoms with Crippen molar-refractivity contribution in [1.29, 1.82) is 0 Å². The lowest BCUT2D eigenvalue weighted by Crippen LogP contribution is -2.23. The average Bonchev–Trinajstić information content (AvgIpc) is 3.37. The van der Waals surface area contributed by atoms with Crippen LogP contribution in [0.2, 0.25) is 0 Å². The van der Waals surface area contributed by atoms with E-state index >= 15 is 0 Å². The molecule has 1 aliphatic heterocycles. The normalized spacial score (nSPS) is 17.8. The Morgan fingerprint density at radius 3 is 2.43 bits per heavy atom. The molecule has 1 fully saturated rings. The van der Waals surface area contributed by atoms with E-state index in [2.05, 4.69) is 19.1 Å². The minimum absolute atomic E-state index is 0.0321. The first-order chi connectivity index (χ1) is 11.3. The molecule has 0 N–H and O–H groups in total. The summed E-state index contributed by atoms with van der Waals surface area (Å²) in [6.45, 7) is 4.11. The largest absolute Gasteiger partial charge is 0.375 e. The van der Waals surface area contributed by atoms with Gasteiger partial charge in [0.2, 0.25) is 5.91 Å². The van der Waals surface area contributed by atoms with Gasteiger partial charge in [0, 0.05) is 6.54 Å². The van der Waals surface area contributed by atoms with Gasteiger partial charge in [0.05, 0.1) is 25.2 Å². The fourth-order valence-electron chi connectivity index (χ4n) is 2.92. The van der Waals surface area contributed by atoms with Crippen LogP contribution in [0.4, 0.5) is 0 Å². The molecule has 0 radical (unpaired) electrons. The molecule has 3 nitrogen and oxygen atoms in total. The Bertz CT molecular complexity index is 627. The summed E-state index contributed by atoms with van der Waals surface area (Å²) in [5.74, 6) is 0.197. The average molecular weight is 309 g/mol. The van der Waals surface area contributed by atoms with Crippen molar-refractivity contribution in [3.05, 3.63) is 71.8 Å². The van der Waals surface area contributed by atoms with Gasteiger partial charge in [-0.25, -0.2) is 0 Å². The first-order valence-electron chi connectivity index (χ1n) is 8.26. The second-order valence-electron chi connectivity index (χ2n) is 6.02. The molecular weight excluding hydrogens is 286 g/mol. The Morgan fingerprint density at radius 2 is 1.78 bits per heavy atom. The van der Waals surface area contributed by atoms with E-state index in [-0.39, 0.29) is 17.9 Å². The first-order valence-corrected chi connectivity index (χ1v) is 8.26. The summed E-state index contributed by atoms with van der Waals surface area (Å²) in [6, 6.07) is 20.4. The molecule has 1 aliphatic rings. The maximum atomic E-state index is 12.7. The van der Waals surface area contributed by atoms with Crippen LogP contribution in [0.1, 0.15) is 30.4 Å². The molecule has 3 rings (SSSR count). The molecule has 2 unspecified atom stereocenters. The van der Waals surface area contributed by atoms with Gasteiger partial charge in [0.25, 0.3) is 0 Å². The lowest BCUT2D eigenvalue weighted by atomic mass is 9.96. The Balaban J connectivity index is 1.48. The van der Waals surface area contributed by atoms with Crippen LogP contribution in [0.15, 0.2) is 60.7 Å². The van der Waals surface area contributed by atoms with Crippen LogP contribution in [0.5, 0.6) is 0 Å². The minimum atomic E-state index is -0.0321. The summed E-state index contributed by atoms with van der Waals surface area (Å²) >= 11 is 0. The Hall–Kier alpha value is -2.13. The minimum Gasteiger partial charge on any atom is -0.375 e. The second-order valence-corrected chi connectivity index (χ2v) is 6.02. The van der Waals surface area contributed by atoms with Crippen molar-refractivity contribution in [3.8, 4) is 0 Å². The van der Waals surface area contributed by atoms with Crippen molar-refractivity contribution < 1.29 is 9.53 Å². The Labute approximate surface area is 137 Å². The molecule has 0 aliphatic carbocycles. The van der Waals surface area contributed by atoms with Crippen molar-refractivity contribution in [2.45, 2.75) is 31.9 Å². The fourth-order valence-corrected chi connectivity index (χ4v) is 2.92. The van der Waals surface area contributed by atoms with Crippen molar-refractivity contribution in [1.82, 2.24) is 4.90 Å². The molecular formula is C20H23NO2. The number of ether oxygens (including phenoxy) is 1. The summed E-state index contributed by atoms with van der Waals surface area (Å²) in [6.07, 6.45) is 0.830. The summed E-state index contributed by atoms with van der Waals surface area (Å²) in [4.78, 5) is 14.6. The van der Waals surface area contributed by atoms with Gasteiger partial charge in [0.15, 0.2) is 0 Å². The highest BCUT2D eigenvalue weighted by atomic mass is 16.5. The molecule has 1 amide bonds. The third kappa shape index (κ3) is 3.99. The van der Waals surface area contributed by atoms with Gasteiger partial charge in [-0.15, -0.1) is 0 Å². The van der Waals surface area contributed by atoms with Crippen LogP contribution < -0.4 is 0 Å². The van der Waals surface area contributed by atoms with Gasteiger partial charge >= 0.3 is 0 Å². The number of rotatable bonds is 7. The van der Waals surface area contributed by atoms with Gasteiger partial charge < -0.3 is 9.64 Å². The SMILES string of the molecule is CCC(C(=O)N1CC1COCc1ccccc1)c1ccccc1. The van der Waals surface area contributed by atoms with Crippen molar-refractivity contribution in [3.63, 3.8) is 0 Å². The van der Waals surface area contributed by atoms with E-state index < -0.39 is 0 Å². The van der Waals surface area contributed by atoms with Crippen LogP contribution in [0.25, 0.3) is 0 Å². The van der Waals surface area contributed by atoms with Gasteiger partial charge in [-0.1, -0.05) is 67.6 Å². The van der Waals surface area contributed by atoms with Crippen LogP contribution in [-0.4, -0.2) is 30.0 Å². The smallest absolute Gasteiger partial charge is 0.230 e. The lowest BCUT2D eigenvalue weighted by molar-refractivity contribution is -0.128. The van der Waals surface area contributed by atoms with Crippen LogP contribution in [0.3, 0.4) is 0 Å². The number of amides is 1. The van der Waals surface area contributed by atoms with Gasteiger partial charge in [-0.05, 0) is 17.5 Å². The summed E-state index contributed by atoms with van der Waals surface area (Å²) in [7, 11) is 0. The molecule has 3 heteroatoms. The highest BCUT2D eigenvalue weighted by Gasteiger charge is 2.41. The molecule has 0 aromatic heterocycles. The zero-order chi connectivity index (χ0) is 16.1. The summed E-state index contributed by atoms with van der Waals surface area (Å²) < 4.78 is 5.75. The number of carbonyl (C=O) groups excluding carboxylic acids is 1. The number of nitrogens with zero attached hydrogens (tertiary/aromatic N) is 1.